The van der Waals surface area contributed by atoms with Crippen LogP contribution in [0, 0.1) is 0 Å². The van der Waals surface area contributed by atoms with Gasteiger partial charge in [0.05, 0.1) is 25.5 Å². The summed E-state index contributed by atoms with van der Waals surface area (Å²) in [5, 5.41) is 22.0. The van der Waals surface area contributed by atoms with Gasteiger partial charge in [-0.25, -0.2) is 0 Å². The molecule has 0 saturated carbocycles. The van der Waals surface area contributed by atoms with Crippen LogP contribution in [0.15, 0.2) is 35.5 Å². The predicted molar refractivity (Wildman–Crippen MR) is 66.1 cm³/mol. The van der Waals surface area contributed by atoms with Gasteiger partial charge in [-0.15, -0.1) is 0 Å². The van der Waals surface area contributed by atoms with E-state index < -0.39 is 12.2 Å². The van der Waals surface area contributed by atoms with E-state index in [4.69, 9.17) is 14.7 Å². The number of hydrogen-bond donors (Lipinski definition) is 2. The highest BCUT2D eigenvalue weighted by atomic mass is 16.7. The lowest BCUT2D eigenvalue weighted by Gasteiger charge is -2.12. The maximum atomic E-state index is 9.39. The normalized spacial score (nSPS) is 20.3. The fraction of sp³-hybridized carbons (Fsp3) is 0.462. The van der Waals surface area contributed by atoms with Gasteiger partial charge >= 0.3 is 0 Å². The lowest BCUT2D eigenvalue weighted by molar-refractivity contribution is -0.0407. The van der Waals surface area contributed by atoms with Gasteiger partial charge in [0.1, 0.15) is 6.10 Å². The molecule has 2 atom stereocenters. The quantitative estimate of drug-likeness (QED) is 0.780. The number of rotatable bonds is 6. The molecular weight excluding hydrogens is 234 g/mol. The maximum Gasteiger partial charge on any atom is 0.160 e. The summed E-state index contributed by atoms with van der Waals surface area (Å²) < 4.78 is 5.51. The average Bonchev–Trinajstić information content (AvgIpc) is 2.88. The van der Waals surface area contributed by atoms with E-state index in [-0.39, 0.29) is 6.61 Å². The molecule has 2 N–H and O–H groups in total. The molecule has 0 spiro atoms. The fourth-order valence-corrected chi connectivity index (χ4v) is 1.72. The fourth-order valence-electron chi connectivity index (χ4n) is 1.72. The number of hydrogen-bond acceptors (Lipinski definition) is 5. The highest BCUT2D eigenvalue weighted by Gasteiger charge is 2.27. The Labute approximate surface area is 106 Å². The highest BCUT2D eigenvalue weighted by Crippen LogP contribution is 2.14. The van der Waals surface area contributed by atoms with E-state index in [1.165, 1.54) is 0 Å². The van der Waals surface area contributed by atoms with Crippen molar-refractivity contribution in [3.63, 3.8) is 0 Å². The van der Waals surface area contributed by atoms with E-state index in [9.17, 15) is 5.11 Å². The lowest BCUT2D eigenvalue weighted by Crippen LogP contribution is -2.29. The molecule has 0 bridgehead atoms. The number of aliphatic hydroxyl groups is 2. The van der Waals surface area contributed by atoms with Crippen molar-refractivity contribution in [2.24, 2.45) is 5.16 Å². The number of aliphatic hydroxyl groups excluding tert-OH is 2. The third kappa shape index (κ3) is 3.53. The monoisotopic (exact) mass is 251 g/mol. The van der Waals surface area contributed by atoms with E-state index >= 15 is 0 Å². The molecule has 0 radical (unpaired) electrons. The van der Waals surface area contributed by atoms with E-state index in [1.807, 2.05) is 30.3 Å². The Morgan fingerprint density at radius 1 is 1.33 bits per heavy atom. The van der Waals surface area contributed by atoms with Gasteiger partial charge in [-0.05, 0) is 5.56 Å². The van der Waals surface area contributed by atoms with Gasteiger partial charge in [-0.1, -0.05) is 35.5 Å². The molecule has 0 aromatic heterocycles. The van der Waals surface area contributed by atoms with Crippen molar-refractivity contribution < 1.29 is 19.8 Å². The second-order valence-electron chi connectivity index (χ2n) is 4.23. The summed E-state index contributed by atoms with van der Waals surface area (Å²) in [6.45, 7) is 0.578. The molecule has 1 aliphatic rings. The molecular formula is C13H17NO4. The minimum Gasteiger partial charge on any atom is -0.394 e. The van der Waals surface area contributed by atoms with Gasteiger partial charge in [0.15, 0.2) is 6.10 Å². The number of nitrogens with zero attached hydrogens (tertiary/aromatic N) is 1. The van der Waals surface area contributed by atoms with Crippen LogP contribution in [-0.4, -0.2) is 41.3 Å². The Bertz CT molecular complexity index is 393. The lowest BCUT2D eigenvalue weighted by atomic mass is 10.1. The zero-order chi connectivity index (χ0) is 12.8. The van der Waals surface area contributed by atoms with Crippen LogP contribution in [0.1, 0.15) is 12.0 Å². The minimum absolute atomic E-state index is 0.321. The molecule has 0 unspecified atom stereocenters. The molecule has 1 heterocycles. The third-order valence-corrected chi connectivity index (χ3v) is 2.75. The molecule has 0 aliphatic carbocycles. The Morgan fingerprint density at radius 3 is 2.83 bits per heavy atom. The standard InChI is InChI=1S/C13H17NO4/c15-7-12(16)13-6-11(14-18-13)9-17-8-10-4-2-1-3-5-10/h1-5,12-13,15-16H,6-9H2/t12-,13-/m1/s1. The van der Waals surface area contributed by atoms with Crippen LogP contribution >= 0.6 is 0 Å². The van der Waals surface area contributed by atoms with Crippen LogP contribution in [-0.2, 0) is 16.2 Å². The van der Waals surface area contributed by atoms with Crippen molar-refractivity contribution in [3.8, 4) is 0 Å². The Morgan fingerprint density at radius 2 is 2.11 bits per heavy atom. The largest absolute Gasteiger partial charge is 0.394 e. The average molecular weight is 251 g/mol. The number of oxime groups is 1. The van der Waals surface area contributed by atoms with Crippen molar-refractivity contribution >= 4 is 5.71 Å². The number of ether oxygens (including phenoxy) is 1. The summed E-state index contributed by atoms with van der Waals surface area (Å²) in [5.41, 5.74) is 1.85. The first-order valence-corrected chi connectivity index (χ1v) is 5.91. The van der Waals surface area contributed by atoms with E-state index in [0.29, 0.717) is 19.6 Å². The summed E-state index contributed by atoms with van der Waals surface area (Å²) in [7, 11) is 0. The molecule has 1 aliphatic heterocycles. The van der Waals surface area contributed by atoms with Crippen molar-refractivity contribution in [2.45, 2.75) is 25.2 Å². The zero-order valence-electron chi connectivity index (χ0n) is 10.0. The van der Waals surface area contributed by atoms with Gasteiger partial charge in [-0.3, -0.25) is 0 Å². The van der Waals surface area contributed by atoms with Crippen LogP contribution < -0.4 is 0 Å². The molecule has 98 valence electrons. The maximum absolute atomic E-state index is 9.39. The zero-order valence-corrected chi connectivity index (χ0v) is 10.0. The molecule has 5 nitrogen and oxygen atoms in total. The Balaban J connectivity index is 1.70. The predicted octanol–water partition coefficient (Wildman–Crippen LogP) is 0.701. The Kier molecular flexibility index (Phi) is 4.69. The smallest absolute Gasteiger partial charge is 0.160 e. The van der Waals surface area contributed by atoms with E-state index in [2.05, 4.69) is 5.16 Å². The van der Waals surface area contributed by atoms with Gasteiger partial charge in [0, 0.05) is 6.42 Å². The second kappa shape index (κ2) is 6.49. The number of benzene rings is 1. The highest BCUT2D eigenvalue weighted by molar-refractivity contribution is 5.86. The molecule has 18 heavy (non-hydrogen) atoms. The van der Waals surface area contributed by atoms with Crippen LogP contribution in [0.4, 0.5) is 0 Å². The summed E-state index contributed by atoms with van der Waals surface area (Å²) in [4.78, 5) is 5.02. The van der Waals surface area contributed by atoms with Crippen LogP contribution in [0.5, 0.6) is 0 Å². The van der Waals surface area contributed by atoms with Crippen molar-refractivity contribution in [3.05, 3.63) is 35.9 Å². The van der Waals surface area contributed by atoms with Crippen LogP contribution in [0.25, 0.3) is 0 Å². The molecule has 2 rings (SSSR count). The van der Waals surface area contributed by atoms with Crippen molar-refractivity contribution in [1.82, 2.24) is 0 Å². The molecule has 5 heteroatoms. The van der Waals surface area contributed by atoms with Gasteiger partial charge in [-0.2, -0.15) is 0 Å². The minimum atomic E-state index is -0.889. The molecule has 1 aromatic rings. The van der Waals surface area contributed by atoms with Crippen molar-refractivity contribution in [1.29, 1.82) is 0 Å². The van der Waals surface area contributed by atoms with Crippen molar-refractivity contribution in [2.75, 3.05) is 13.2 Å². The first-order valence-electron chi connectivity index (χ1n) is 5.91. The first-order chi connectivity index (χ1) is 8.79. The third-order valence-electron chi connectivity index (χ3n) is 2.75. The first kappa shape index (κ1) is 13.0. The Hall–Kier alpha value is -1.43. The van der Waals surface area contributed by atoms with E-state index in [0.717, 1.165) is 11.3 Å². The van der Waals surface area contributed by atoms with Gasteiger partial charge < -0.3 is 19.8 Å². The molecule has 0 fully saturated rings. The summed E-state index contributed by atoms with van der Waals surface area (Å²) >= 11 is 0. The molecule has 0 amide bonds. The summed E-state index contributed by atoms with van der Waals surface area (Å²) in [5.74, 6) is 0. The molecule has 1 aromatic carbocycles. The second-order valence-corrected chi connectivity index (χ2v) is 4.23. The SMILES string of the molecule is OC[C@@H](O)[C@H]1CC(COCc2ccccc2)=NO1. The van der Waals surface area contributed by atoms with Crippen LogP contribution in [0.2, 0.25) is 0 Å². The van der Waals surface area contributed by atoms with Gasteiger partial charge in [0.25, 0.3) is 0 Å². The van der Waals surface area contributed by atoms with Gasteiger partial charge in [0.2, 0.25) is 0 Å². The molecule has 0 saturated heterocycles. The topological polar surface area (TPSA) is 71.3 Å². The van der Waals surface area contributed by atoms with Crippen LogP contribution in [0.3, 0.4) is 0 Å². The summed E-state index contributed by atoms with van der Waals surface area (Å²) in [6.07, 6.45) is -0.845. The summed E-state index contributed by atoms with van der Waals surface area (Å²) in [6, 6.07) is 9.86. The van der Waals surface area contributed by atoms with E-state index in [1.54, 1.807) is 0 Å².